The first-order valence-corrected chi connectivity index (χ1v) is 11.8. The van der Waals surface area contributed by atoms with Crippen LogP contribution in [0.1, 0.15) is 26.7 Å². The molecule has 1 heterocycles. The summed E-state index contributed by atoms with van der Waals surface area (Å²) in [4.78, 5) is 39.9. The third-order valence-electron chi connectivity index (χ3n) is 5.36. The van der Waals surface area contributed by atoms with Gasteiger partial charge < -0.3 is 14.5 Å². The van der Waals surface area contributed by atoms with E-state index < -0.39 is 15.9 Å². The predicted molar refractivity (Wildman–Crippen MR) is 114 cm³/mol. The highest BCUT2D eigenvalue weighted by atomic mass is 32.2. The summed E-state index contributed by atoms with van der Waals surface area (Å²) in [6.45, 7) is 5.19. The smallest absolute Gasteiger partial charge is 0.310 e. The van der Waals surface area contributed by atoms with Crippen molar-refractivity contribution >= 4 is 27.8 Å². The molecule has 1 atom stereocenters. The van der Waals surface area contributed by atoms with E-state index >= 15 is 0 Å². The number of esters is 1. The fraction of sp³-hybridized carbons (Fsp3) is 0.571. The molecule has 0 radical (unpaired) electrons. The molecule has 9 nitrogen and oxygen atoms in total. The number of amides is 2. The van der Waals surface area contributed by atoms with Crippen molar-refractivity contribution in [1.29, 1.82) is 0 Å². The second kappa shape index (κ2) is 11.2. The normalized spacial score (nSPS) is 15.9. The number of hydrogen-bond acceptors (Lipinski definition) is 6. The van der Waals surface area contributed by atoms with Crippen molar-refractivity contribution in [3.05, 3.63) is 30.3 Å². The lowest BCUT2D eigenvalue weighted by Gasteiger charge is -2.34. The molecule has 2 rings (SSSR count). The molecule has 1 unspecified atom stereocenters. The summed E-state index contributed by atoms with van der Waals surface area (Å²) in [7, 11) is -2.27. The summed E-state index contributed by atoms with van der Waals surface area (Å²) >= 11 is 0. The maximum Gasteiger partial charge on any atom is 0.310 e. The van der Waals surface area contributed by atoms with Crippen molar-refractivity contribution < 1.29 is 27.5 Å². The van der Waals surface area contributed by atoms with E-state index in [-0.39, 0.29) is 68.2 Å². The Balaban J connectivity index is 1.83. The summed E-state index contributed by atoms with van der Waals surface area (Å²) in [6.07, 6.45) is 0.0937. The van der Waals surface area contributed by atoms with Gasteiger partial charge in [-0.1, -0.05) is 25.1 Å². The summed E-state index contributed by atoms with van der Waals surface area (Å²) in [6, 6.07) is 8.22. The molecule has 172 valence electrons. The van der Waals surface area contributed by atoms with E-state index in [1.54, 1.807) is 47.1 Å². The zero-order valence-corrected chi connectivity index (χ0v) is 19.1. The van der Waals surface area contributed by atoms with Gasteiger partial charge in [0.25, 0.3) is 0 Å². The molecule has 0 aromatic heterocycles. The van der Waals surface area contributed by atoms with E-state index in [0.29, 0.717) is 6.54 Å². The van der Waals surface area contributed by atoms with Gasteiger partial charge in [-0.3, -0.25) is 14.4 Å². The average molecular weight is 454 g/mol. The largest absolute Gasteiger partial charge is 0.469 e. The van der Waals surface area contributed by atoms with Gasteiger partial charge in [-0.15, -0.1) is 0 Å². The van der Waals surface area contributed by atoms with E-state index in [1.807, 2.05) is 6.92 Å². The molecular weight excluding hydrogens is 422 g/mol. The quantitative estimate of drug-likeness (QED) is 0.516. The minimum Gasteiger partial charge on any atom is -0.469 e. The predicted octanol–water partition coefficient (Wildman–Crippen LogP) is 0.957. The number of ether oxygens (including phenoxy) is 1. The number of hydrogen-bond donors (Lipinski definition) is 0. The van der Waals surface area contributed by atoms with Crippen molar-refractivity contribution in [2.24, 2.45) is 5.92 Å². The van der Waals surface area contributed by atoms with Gasteiger partial charge in [0.2, 0.25) is 21.8 Å². The number of benzene rings is 1. The Bertz CT molecular complexity index is 866. The molecule has 1 aromatic rings. The molecule has 1 saturated heterocycles. The monoisotopic (exact) mass is 453 g/mol. The zero-order chi connectivity index (χ0) is 23.0. The van der Waals surface area contributed by atoms with Crippen molar-refractivity contribution in [1.82, 2.24) is 14.1 Å². The van der Waals surface area contributed by atoms with E-state index in [2.05, 4.69) is 0 Å². The van der Waals surface area contributed by atoms with Crippen LogP contribution in [0.2, 0.25) is 0 Å². The third-order valence-corrected chi connectivity index (χ3v) is 7.27. The van der Waals surface area contributed by atoms with E-state index in [9.17, 15) is 22.8 Å². The Morgan fingerprint density at radius 2 is 1.68 bits per heavy atom. The Morgan fingerprint density at radius 1 is 1.06 bits per heavy atom. The molecule has 1 aliphatic rings. The highest BCUT2D eigenvalue weighted by Crippen LogP contribution is 2.18. The van der Waals surface area contributed by atoms with Crippen molar-refractivity contribution in [3.63, 3.8) is 0 Å². The minimum atomic E-state index is -3.58. The van der Waals surface area contributed by atoms with Gasteiger partial charge in [0.05, 0.1) is 17.9 Å². The number of rotatable bonds is 9. The van der Waals surface area contributed by atoms with Gasteiger partial charge in [0.15, 0.2) is 0 Å². The topological polar surface area (TPSA) is 104 Å². The van der Waals surface area contributed by atoms with Crippen LogP contribution in [-0.2, 0) is 29.1 Å². The fourth-order valence-electron chi connectivity index (χ4n) is 3.46. The first kappa shape index (κ1) is 24.8. The molecule has 2 amide bonds. The number of methoxy groups -OCH3 is 1. The summed E-state index contributed by atoms with van der Waals surface area (Å²) in [5.41, 5.74) is 0. The summed E-state index contributed by atoms with van der Waals surface area (Å²) < 4.78 is 31.4. The molecule has 0 aliphatic carbocycles. The average Bonchev–Trinajstić information content (AvgIpc) is 2.80. The zero-order valence-electron chi connectivity index (χ0n) is 18.3. The van der Waals surface area contributed by atoms with Gasteiger partial charge in [-0.2, -0.15) is 4.31 Å². The highest BCUT2D eigenvalue weighted by Gasteiger charge is 2.30. The SMILES string of the molecule is CCN(CC(C)C(=O)OC)C(=O)CCC(=O)N1CCN(S(=O)(=O)c2ccccc2)CC1. The van der Waals surface area contributed by atoms with E-state index in [1.165, 1.54) is 11.4 Å². The van der Waals surface area contributed by atoms with Crippen molar-refractivity contribution in [2.75, 3.05) is 46.4 Å². The minimum absolute atomic E-state index is 0.0447. The molecule has 0 N–H and O–H groups in total. The van der Waals surface area contributed by atoms with Crippen LogP contribution < -0.4 is 0 Å². The van der Waals surface area contributed by atoms with Crippen molar-refractivity contribution in [2.45, 2.75) is 31.6 Å². The fourth-order valence-corrected chi connectivity index (χ4v) is 4.91. The van der Waals surface area contributed by atoms with Crippen LogP contribution in [-0.4, -0.2) is 86.7 Å². The Morgan fingerprint density at radius 3 is 2.23 bits per heavy atom. The highest BCUT2D eigenvalue weighted by molar-refractivity contribution is 7.89. The Labute approximate surface area is 184 Å². The lowest BCUT2D eigenvalue weighted by atomic mass is 10.1. The summed E-state index contributed by atoms with van der Waals surface area (Å²) in [5, 5.41) is 0. The third kappa shape index (κ3) is 6.51. The second-order valence-electron chi connectivity index (χ2n) is 7.45. The van der Waals surface area contributed by atoms with Crippen LogP contribution in [0.5, 0.6) is 0 Å². The molecule has 1 aliphatic heterocycles. The van der Waals surface area contributed by atoms with Crippen molar-refractivity contribution in [3.8, 4) is 0 Å². The number of sulfonamides is 1. The van der Waals surface area contributed by atoms with Gasteiger partial charge in [-0.05, 0) is 19.1 Å². The van der Waals surface area contributed by atoms with Crippen LogP contribution in [0.25, 0.3) is 0 Å². The number of piperazine rings is 1. The number of carbonyl (C=O) groups excluding carboxylic acids is 3. The molecule has 0 bridgehead atoms. The van der Waals surface area contributed by atoms with Crippen LogP contribution in [0.15, 0.2) is 35.2 Å². The summed E-state index contributed by atoms with van der Waals surface area (Å²) in [5.74, 6) is -1.20. The van der Waals surface area contributed by atoms with E-state index in [0.717, 1.165) is 0 Å². The van der Waals surface area contributed by atoms with Gasteiger partial charge in [0, 0.05) is 52.1 Å². The van der Waals surface area contributed by atoms with Crippen LogP contribution in [0, 0.1) is 5.92 Å². The molecule has 1 aromatic carbocycles. The molecule has 0 saturated carbocycles. The standard InChI is InChI=1S/C21H31N3O6S/c1-4-22(16-17(2)21(27)30-3)19(25)10-11-20(26)23-12-14-24(15-13-23)31(28,29)18-8-6-5-7-9-18/h5-9,17H,4,10-16H2,1-3H3. The molecule has 10 heteroatoms. The Kier molecular flexibility index (Phi) is 9.00. The number of carbonyl (C=O) groups is 3. The Hall–Kier alpha value is -2.46. The maximum absolute atomic E-state index is 12.7. The second-order valence-corrected chi connectivity index (χ2v) is 9.39. The maximum atomic E-state index is 12.7. The molecule has 31 heavy (non-hydrogen) atoms. The first-order chi connectivity index (χ1) is 14.7. The van der Waals surface area contributed by atoms with Crippen LogP contribution >= 0.6 is 0 Å². The first-order valence-electron chi connectivity index (χ1n) is 10.4. The lowest BCUT2D eigenvalue weighted by Crippen LogP contribution is -2.50. The van der Waals surface area contributed by atoms with Gasteiger partial charge in [0.1, 0.15) is 0 Å². The van der Waals surface area contributed by atoms with Crippen LogP contribution in [0.4, 0.5) is 0 Å². The van der Waals surface area contributed by atoms with Gasteiger partial charge in [-0.25, -0.2) is 8.42 Å². The number of nitrogens with zero attached hydrogens (tertiary/aromatic N) is 3. The van der Waals surface area contributed by atoms with Crippen LogP contribution in [0.3, 0.4) is 0 Å². The van der Waals surface area contributed by atoms with E-state index in [4.69, 9.17) is 4.74 Å². The molecular formula is C21H31N3O6S. The lowest BCUT2D eigenvalue weighted by molar-refractivity contribution is -0.147. The van der Waals surface area contributed by atoms with Gasteiger partial charge >= 0.3 is 5.97 Å². The molecule has 1 fully saturated rings. The molecule has 0 spiro atoms.